The second kappa shape index (κ2) is 7.43. The molecule has 1 aliphatic rings. The molecule has 27 heavy (non-hydrogen) atoms. The summed E-state index contributed by atoms with van der Waals surface area (Å²) < 4.78 is 2.09. The molecular formula is C20H19N5OS. The van der Waals surface area contributed by atoms with E-state index in [1.54, 1.807) is 6.07 Å². The second-order valence-electron chi connectivity index (χ2n) is 6.49. The molecule has 0 fully saturated rings. The molecule has 136 valence electrons. The molecular weight excluding hydrogens is 358 g/mol. The molecule has 0 saturated heterocycles. The van der Waals surface area contributed by atoms with Gasteiger partial charge in [-0.1, -0.05) is 17.8 Å². The molecule has 0 aliphatic carbocycles. The highest BCUT2D eigenvalue weighted by molar-refractivity contribution is 7.98. The van der Waals surface area contributed by atoms with E-state index < -0.39 is 0 Å². The van der Waals surface area contributed by atoms with Gasteiger partial charge in [-0.25, -0.2) is 4.98 Å². The number of fused-ring (bicyclic) bond motifs is 1. The average Bonchev–Trinajstić information content (AvgIpc) is 3.16. The average molecular weight is 377 g/mol. The zero-order valence-electron chi connectivity index (χ0n) is 15.0. The zero-order valence-corrected chi connectivity index (χ0v) is 15.8. The molecule has 1 N–H and O–H groups in total. The van der Waals surface area contributed by atoms with Crippen molar-refractivity contribution in [3.8, 4) is 11.8 Å². The van der Waals surface area contributed by atoms with Gasteiger partial charge in [0, 0.05) is 43.6 Å². The summed E-state index contributed by atoms with van der Waals surface area (Å²) in [6, 6.07) is 13.8. The highest BCUT2D eigenvalue weighted by atomic mass is 32.2. The maximum Gasteiger partial charge on any atom is 0.256 e. The van der Waals surface area contributed by atoms with E-state index in [4.69, 9.17) is 5.26 Å². The number of thioether (sulfide) groups is 1. The lowest BCUT2D eigenvalue weighted by molar-refractivity contribution is 0.237. The third kappa shape index (κ3) is 3.54. The molecule has 3 heterocycles. The van der Waals surface area contributed by atoms with Gasteiger partial charge in [-0.2, -0.15) is 5.26 Å². The first-order valence-electron chi connectivity index (χ1n) is 8.73. The van der Waals surface area contributed by atoms with Crippen molar-refractivity contribution in [2.24, 2.45) is 0 Å². The van der Waals surface area contributed by atoms with Gasteiger partial charge in [0.05, 0.1) is 22.9 Å². The lowest BCUT2D eigenvalue weighted by atomic mass is 10.1. The molecule has 0 atom stereocenters. The summed E-state index contributed by atoms with van der Waals surface area (Å²) in [6.45, 7) is 2.18. The Morgan fingerprint density at radius 2 is 2.22 bits per heavy atom. The highest BCUT2D eigenvalue weighted by Gasteiger charge is 2.22. The Kier molecular flexibility index (Phi) is 4.84. The van der Waals surface area contributed by atoms with E-state index >= 15 is 0 Å². The normalized spacial score (nSPS) is 13.9. The first-order valence-corrected chi connectivity index (χ1v) is 9.95. The van der Waals surface area contributed by atoms with E-state index in [-0.39, 0.29) is 5.56 Å². The van der Waals surface area contributed by atoms with Gasteiger partial charge in [-0.15, -0.1) is 0 Å². The largest absolute Gasteiger partial charge is 0.320 e. The lowest BCUT2D eigenvalue weighted by Gasteiger charge is -2.28. The minimum absolute atomic E-state index is 0.0360. The first kappa shape index (κ1) is 17.6. The van der Waals surface area contributed by atoms with Gasteiger partial charge in [0.15, 0.2) is 5.16 Å². The van der Waals surface area contributed by atoms with Gasteiger partial charge in [-0.3, -0.25) is 9.69 Å². The van der Waals surface area contributed by atoms with Crippen LogP contribution in [-0.4, -0.2) is 32.2 Å². The van der Waals surface area contributed by atoms with Crippen LogP contribution in [-0.2, 0) is 19.5 Å². The van der Waals surface area contributed by atoms with Crippen LogP contribution in [0.25, 0.3) is 5.69 Å². The molecule has 3 aromatic rings. The Labute approximate surface area is 161 Å². The third-order valence-electron chi connectivity index (χ3n) is 4.79. The van der Waals surface area contributed by atoms with Crippen LogP contribution < -0.4 is 5.56 Å². The van der Waals surface area contributed by atoms with E-state index in [1.807, 2.05) is 36.7 Å². The van der Waals surface area contributed by atoms with Crippen molar-refractivity contribution in [1.29, 1.82) is 5.26 Å². The quantitative estimate of drug-likeness (QED) is 0.559. The molecule has 7 heteroatoms. The van der Waals surface area contributed by atoms with Crippen molar-refractivity contribution in [2.45, 2.75) is 24.7 Å². The van der Waals surface area contributed by atoms with Crippen LogP contribution in [0.5, 0.6) is 0 Å². The Hall–Kier alpha value is -2.82. The Morgan fingerprint density at radius 3 is 3.04 bits per heavy atom. The minimum atomic E-state index is -0.0360. The van der Waals surface area contributed by atoms with Crippen LogP contribution in [0.4, 0.5) is 0 Å². The van der Waals surface area contributed by atoms with Crippen LogP contribution in [0.3, 0.4) is 0 Å². The standard InChI is InChI=1S/C20H19N5OS/c1-27-20-22-18-7-9-24(13-17(18)19(26)23-20)12-16-6-3-8-25(16)15-5-2-4-14(10-15)11-21/h2-6,8,10H,7,9,12-13H2,1H3,(H,22,23,26). The molecule has 1 aliphatic heterocycles. The maximum atomic E-state index is 12.4. The van der Waals surface area contributed by atoms with Crippen molar-refractivity contribution in [1.82, 2.24) is 19.4 Å². The summed E-state index contributed by atoms with van der Waals surface area (Å²) in [5.74, 6) is 0. The molecule has 6 nitrogen and oxygen atoms in total. The number of benzene rings is 1. The van der Waals surface area contributed by atoms with Gasteiger partial charge >= 0.3 is 0 Å². The first-order chi connectivity index (χ1) is 13.2. The highest BCUT2D eigenvalue weighted by Crippen LogP contribution is 2.20. The minimum Gasteiger partial charge on any atom is -0.320 e. The van der Waals surface area contributed by atoms with Crippen LogP contribution in [0, 0.1) is 11.3 Å². The number of hydrogen-bond donors (Lipinski definition) is 1. The van der Waals surface area contributed by atoms with Gasteiger partial charge in [0.25, 0.3) is 5.56 Å². The molecule has 0 saturated carbocycles. The van der Waals surface area contributed by atoms with Crippen LogP contribution in [0.2, 0.25) is 0 Å². The molecule has 1 aromatic carbocycles. The number of hydrogen-bond acceptors (Lipinski definition) is 5. The molecule has 0 bridgehead atoms. The Bertz CT molecular complexity index is 1080. The van der Waals surface area contributed by atoms with E-state index in [9.17, 15) is 4.79 Å². The number of aromatic nitrogens is 3. The fourth-order valence-electron chi connectivity index (χ4n) is 3.44. The molecule has 2 aromatic heterocycles. The zero-order chi connectivity index (χ0) is 18.8. The van der Waals surface area contributed by atoms with Gasteiger partial charge in [0.2, 0.25) is 0 Å². The molecule has 0 amide bonds. The number of nitrogens with zero attached hydrogens (tertiary/aromatic N) is 4. The SMILES string of the molecule is CSc1nc2c(c(=O)[nH]1)CN(Cc1cccn1-c1cccc(C#N)c1)CC2. The fraction of sp³-hybridized carbons (Fsp3) is 0.250. The number of nitrogens with one attached hydrogen (secondary N) is 1. The molecule has 0 spiro atoms. The van der Waals surface area contributed by atoms with E-state index in [0.717, 1.165) is 42.1 Å². The van der Waals surface area contributed by atoms with E-state index in [1.165, 1.54) is 11.8 Å². The number of nitriles is 1. The van der Waals surface area contributed by atoms with Crippen LogP contribution >= 0.6 is 11.8 Å². The van der Waals surface area contributed by atoms with Crippen molar-refractivity contribution in [3.05, 3.63) is 75.5 Å². The third-order valence-corrected chi connectivity index (χ3v) is 5.37. The van der Waals surface area contributed by atoms with Gasteiger partial charge in [-0.05, 0) is 36.6 Å². The number of H-pyrrole nitrogens is 1. The van der Waals surface area contributed by atoms with Crippen molar-refractivity contribution in [3.63, 3.8) is 0 Å². The summed E-state index contributed by atoms with van der Waals surface area (Å²) >= 11 is 1.46. The van der Waals surface area contributed by atoms with Crippen LogP contribution in [0.15, 0.2) is 52.5 Å². The fourth-order valence-corrected chi connectivity index (χ4v) is 3.84. The lowest BCUT2D eigenvalue weighted by Crippen LogP contribution is -2.35. The van der Waals surface area contributed by atoms with Crippen molar-refractivity contribution < 1.29 is 0 Å². The summed E-state index contributed by atoms with van der Waals surface area (Å²) in [4.78, 5) is 22.0. The van der Waals surface area contributed by atoms with E-state index in [2.05, 4.69) is 31.6 Å². The van der Waals surface area contributed by atoms with Crippen molar-refractivity contribution >= 4 is 11.8 Å². The Morgan fingerprint density at radius 1 is 1.33 bits per heavy atom. The number of aromatic amines is 1. The van der Waals surface area contributed by atoms with Gasteiger partial charge < -0.3 is 9.55 Å². The predicted molar refractivity (Wildman–Crippen MR) is 105 cm³/mol. The summed E-state index contributed by atoms with van der Waals surface area (Å²) in [5, 5.41) is 9.82. The van der Waals surface area contributed by atoms with E-state index in [0.29, 0.717) is 17.3 Å². The summed E-state index contributed by atoms with van der Waals surface area (Å²) in [6.07, 6.45) is 4.69. The summed E-state index contributed by atoms with van der Waals surface area (Å²) in [7, 11) is 0. The van der Waals surface area contributed by atoms with Gasteiger partial charge in [0.1, 0.15) is 0 Å². The topological polar surface area (TPSA) is 77.7 Å². The molecule has 4 rings (SSSR count). The summed E-state index contributed by atoms with van der Waals surface area (Å²) in [5.41, 5.74) is 4.38. The molecule has 0 radical (unpaired) electrons. The maximum absolute atomic E-state index is 12.4. The van der Waals surface area contributed by atoms with Crippen molar-refractivity contribution in [2.75, 3.05) is 12.8 Å². The Balaban J connectivity index is 1.57. The second-order valence-corrected chi connectivity index (χ2v) is 7.29. The predicted octanol–water partition coefficient (Wildman–Crippen LogP) is 2.71. The number of rotatable bonds is 4. The smallest absolute Gasteiger partial charge is 0.256 e. The van der Waals surface area contributed by atoms with Crippen LogP contribution in [0.1, 0.15) is 22.5 Å². The monoisotopic (exact) mass is 377 g/mol. The molecule has 0 unspecified atom stereocenters.